The molecule has 0 unspecified atom stereocenters. The van der Waals surface area contributed by atoms with Gasteiger partial charge in [0.15, 0.2) is 0 Å². The van der Waals surface area contributed by atoms with E-state index >= 15 is 0 Å². The third kappa shape index (κ3) is 1.74. The molecule has 0 aliphatic rings. The minimum Gasteiger partial charge on any atom is -0.398 e. The first-order chi connectivity index (χ1) is 7.59. The summed E-state index contributed by atoms with van der Waals surface area (Å²) in [6.07, 6.45) is 0. The third-order valence-corrected chi connectivity index (χ3v) is 2.87. The molecule has 2 heteroatoms. The first-order valence-electron chi connectivity index (χ1n) is 5.31. The van der Waals surface area contributed by atoms with E-state index in [4.69, 9.17) is 11.5 Å². The Balaban J connectivity index is 2.63. The molecule has 2 nitrogen and oxygen atoms in total. The molecule has 0 bridgehead atoms. The second-order valence-electron chi connectivity index (χ2n) is 4.11. The van der Waals surface area contributed by atoms with Gasteiger partial charge in [-0.3, -0.25) is 0 Å². The van der Waals surface area contributed by atoms with Gasteiger partial charge in [0, 0.05) is 16.9 Å². The quantitative estimate of drug-likeness (QED) is 0.713. The molecular formula is C14H16N2. The molecule has 0 amide bonds. The maximum Gasteiger partial charge on any atom is 0.0396 e. The van der Waals surface area contributed by atoms with Crippen molar-refractivity contribution >= 4 is 11.4 Å². The van der Waals surface area contributed by atoms with Crippen LogP contribution >= 0.6 is 0 Å². The molecule has 2 aromatic rings. The van der Waals surface area contributed by atoms with Gasteiger partial charge >= 0.3 is 0 Å². The Labute approximate surface area is 95.9 Å². The van der Waals surface area contributed by atoms with E-state index in [1.165, 1.54) is 5.56 Å². The summed E-state index contributed by atoms with van der Waals surface area (Å²) in [5.41, 5.74) is 17.9. The number of hydrogen-bond acceptors (Lipinski definition) is 2. The second kappa shape index (κ2) is 3.89. The standard InChI is InChI=1S/C14H16N2/c1-9-6-7-12(14(16)8-9)11-4-3-5-13(15)10(11)2/h3-8H,15-16H2,1-2H3. The summed E-state index contributed by atoms with van der Waals surface area (Å²) in [4.78, 5) is 0. The van der Waals surface area contributed by atoms with Gasteiger partial charge in [0.25, 0.3) is 0 Å². The van der Waals surface area contributed by atoms with Gasteiger partial charge in [-0.1, -0.05) is 24.3 Å². The molecule has 4 N–H and O–H groups in total. The highest BCUT2D eigenvalue weighted by atomic mass is 14.6. The van der Waals surface area contributed by atoms with Crippen LogP contribution in [0.3, 0.4) is 0 Å². The molecule has 0 spiro atoms. The zero-order valence-corrected chi connectivity index (χ0v) is 9.62. The van der Waals surface area contributed by atoms with Crippen LogP contribution in [-0.4, -0.2) is 0 Å². The summed E-state index contributed by atoms with van der Waals surface area (Å²) >= 11 is 0. The van der Waals surface area contributed by atoms with Crippen molar-refractivity contribution in [2.24, 2.45) is 0 Å². The van der Waals surface area contributed by atoms with Crippen LogP contribution in [0.1, 0.15) is 11.1 Å². The topological polar surface area (TPSA) is 52.0 Å². The molecule has 2 rings (SSSR count). The van der Waals surface area contributed by atoms with E-state index in [9.17, 15) is 0 Å². The van der Waals surface area contributed by atoms with E-state index in [1.54, 1.807) is 0 Å². The smallest absolute Gasteiger partial charge is 0.0396 e. The third-order valence-electron chi connectivity index (χ3n) is 2.87. The number of benzene rings is 2. The molecule has 16 heavy (non-hydrogen) atoms. The van der Waals surface area contributed by atoms with Crippen LogP contribution in [0.4, 0.5) is 11.4 Å². The fraction of sp³-hybridized carbons (Fsp3) is 0.143. The van der Waals surface area contributed by atoms with Gasteiger partial charge in [-0.25, -0.2) is 0 Å². The molecule has 0 fully saturated rings. The first-order valence-corrected chi connectivity index (χ1v) is 5.31. The summed E-state index contributed by atoms with van der Waals surface area (Å²) in [5, 5.41) is 0. The normalized spacial score (nSPS) is 10.4. The first kappa shape index (κ1) is 10.6. The average molecular weight is 212 g/mol. The minimum absolute atomic E-state index is 0.800. The van der Waals surface area contributed by atoms with Gasteiger partial charge in [0.05, 0.1) is 0 Å². The maximum absolute atomic E-state index is 6.03. The number of nitrogens with two attached hydrogens (primary N) is 2. The molecule has 0 aliphatic carbocycles. The average Bonchev–Trinajstić information content (AvgIpc) is 2.23. The van der Waals surface area contributed by atoms with E-state index in [0.29, 0.717) is 0 Å². The number of aryl methyl sites for hydroxylation is 1. The van der Waals surface area contributed by atoms with Crippen molar-refractivity contribution < 1.29 is 0 Å². The highest BCUT2D eigenvalue weighted by Crippen LogP contribution is 2.31. The fourth-order valence-electron chi connectivity index (χ4n) is 1.87. The maximum atomic E-state index is 6.03. The molecule has 0 radical (unpaired) electrons. The Hall–Kier alpha value is -1.96. The van der Waals surface area contributed by atoms with Gasteiger partial charge in [-0.2, -0.15) is 0 Å². The van der Waals surface area contributed by atoms with E-state index < -0.39 is 0 Å². The van der Waals surface area contributed by atoms with Crippen LogP contribution < -0.4 is 11.5 Å². The number of hydrogen-bond donors (Lipinski definition) is 2. The molecular weight excluding hydrogens is 196 g/mol. The van der Waals surface area contributed by atoms with Crippen molar-refractivity contribution in [2.75, 3.05) is 11.5 Å². The summed E-state index contributed by atoms with van der Waals surface area (Å²) < 4.78 is 0. The van der Waals surface area contributed by atoms with Gasteiger partial charge in [-0.05, 0) is 42.7 Å². The summed E-state index contributed by atoms with van der Waals surface area (Å²) in [6, 6.07) is 12.0. The zero-order valence-electron chi connectivity index (χ0n) is 9.62. The molecule has 0 aliphatic heterocycles. The van der Waals surface area contributed by atoms with Gasteiger partial charge in [-0.15, -0.1) is 0 Å². The highest BCUT2D eigenvalue weighted by molar-refractivity contribution is 5.81. The Morgan fingerprint density at radius 2 is 1.56 bits per heavy atom. The Morgan fingerprint density at radius 3 is 2.25 bits per heavy atom. The Kier molecular flexibility index (Phi) is 2.57. The predicted molar refractivity (Wildman–Crippen MR) is 70.2 cm³/mol. The van der Waals surface area contributed by atoms with E-state index in [-0.39, 0.29) is 0 Å². The molecule has 0 atom stereocenters. The second-order valence-corrected chi connectivity index (χ2v) is 4.11. The molecule has 0 saturated heterocycles. The van der Waals surface area contributed by atoms with Crippen LogP contribution in [-0.2, 0) is 0 Å². The molecule has 0 aromatic heterocycles. The number of anilines is 2. The van der Waals surface area contributed by atoms with Crippen molar-refractivity contribution in [1.82, 2.24) is 0 Å². The van der Waals surface area contributed by atoms with Crippen LogP contribution in [0.15, 0.2) is 36.4 Å². The highest BCUT2D eigenvalue weighted by Gasteiger charge is 2.07. The van der Waals surface area contributed by atoms with Crippen molar-refractivity contribution in [2.45, 2.75) is 13.8 Å². The van der Waals surface area contributed by atoms with Crippen LogP contribution in [0, 0.1) is 13.8 Å². The lowest BCUT2D eigenvalue weighted by atomic mass is 9.97. The molecule has 0 saturated carbocycles. The lowest BCUT2D eigenvalue weighted by Crippen LogP contribution is -1.95. The van der Waals surface area contributed by atoms with Crippen molar-refractivity contribution in [3.8, 4) is 11.1 Å². The van der Waals surface area contributed by atoms with Gasteiger partial charge < -0.3 is 11.5 Å². The zero-order chi connectivity index (χ0) is 11.7. The summed E-state index contributed by atoms with van der Waals surface area (Å²) in [7, 11) is 0. The lowest BCUT2D eigenvalue weighted by Gasteiger charge is -2.11. The van der Waals surface area contributed by atoms with E-state index in [2.05, 4.69) is 6.07 Å². The SMILES string of the molecule is Cc1ccc(-c2cccc(N)c2C)c(N)c1. The molecule has 2 aromatic carbocycles. The number of nitrogen functional groups attached to an aromatic ring is 2. The van der Waals surface area contributed by atoms with Crippen LogP contribution in [0.25, 0.3) is 11.1 Å². The van der Waals surface area contributed by atoms with Crippen molar-refractivity contribution in [3.63, 3.8) is 0 Å². The molecule has 82 valence electrons. The Morgan fingerprint density at radius 1 is 0.812 bits per heavy atom. The summed E-state index contributed by atoms with van der Waals surface area (Å²) in [5.74, 6) is 0. The van der Waals surface area contributed by atoms with Crippen LogP contribution in [0.5, 0.6) is 0 Å². The largest absolute Gasteiger partial charge is 0.398 e. The monoisotopic (exact) mass is 212 g/mol. The van der Waals surface area contributed by atoms with E-state index in [0.717, 1.165) is 28.1 Å². The molecule has 0 heterocycles. The van der Waals surface area contributed by atoms with Crippen molar-refractivity contribution in [1.29, 1.82) is 0 Å². The van der Waals surface area contributed by atoms with Crippen LogP contribution in [0.2, 0.25) is 0 Å². The fourth-order valence-corrected chi connectivity index (χ4v) is 1.87. The van der Waals surface area contributed by atoms with Gasteiger partial charge in [0.1, 0.15) is 0 Å². The predicted octanol–water partition coefficient (Wildman–Crippen LogP) is 3.13. The minimum atomic E-state index is 0.800. The Bertz CT molecular complexity index is 530. The van der Waals surface area contributed by atoms with Gasteiger partial charge in [0.2, 0.25) is 0 Å². The van der Waals surface area contributed by atoms with E-state index in [1.807, 2.05) is 44.2 Å². The summed E-state index contributed by atoms with van der Waals surface area (Å²) in [6.45, 7) is 4.05. The van der Waals surface area contributed by atoms with Crippen molar-refractivity contribution in [3.05, 3.63) is 47.5 Å². The lowest BCUT2D eigenvalue weighted by molar-refractivity contribution is 1.43. The number of rotatable bonds is 1.